The lowest BCUT2D eigenvalue weighted by Crippen LogP contribution is -2.41. The quantitative estimate of drug-likeness (QED) is 0.202. The summed E-state index contributed by atoms with van der Waals surface area (Å²) in [4.78, 5) is 11.6. The Kier molecular flexibility index (Phi) is 12.5. The zero-order valence-corrected chi connectivity index (χ0v) is 21.2. The lowest BCUT2D eigenvalue weighted by Gasteiger charge is -2.32. The Morgan fingerprint density at radius 2 is 2.19 bits per heavy atom. The largest absolute Gasteiger partial charge is 0.379 e. The second kappa shape index (κ2) is 14.8. The first kappa shape index (κ1) is 26.1. The standard InChI is InChI=1S/C22H37N5O3.HI/c1-3-23-22(24-9-5-11-28-17-20-6-4-12-30-20)26-15-19-7-8-21(25-14-19)27-10-13-29-18(2)16-27;/h7-8,14,18,20H,3-6,9-13,15-17H2,1-2H3,(H2,23,24,26);1H. The molecule has 2 atom stereocenters. The highest BCUT2D eigenvalue weighted by Gasteiger charge is 2.17. The molecular formula is C22H38IN5O3. The molecule has 2 saturated heterocycles. The first-order valence-electron chi connectivity index (χ1n) is 11.3. The number of nitrogens with one attached hydrogen (secondary N) is 2. The fourth-order valence-corrected chi connectivity index (χ4v) is 3.61. The number of guanidine groups is 1. The number of nitrogens with zero attached hydrogens (tertiary/aromatic N) is 3. The van der Waals surface area contributed by atoms with Crippen LogP contribution in [-0.2, 0) is 20.8 Å². The number of aliphatic imine (C=N–C) groups is 1. The minimum absolute atomic E-state index is 0. The number of anilines is 1. The molecular weight excluding hydrogens is 509 g/mol. The van der Waals surface area contributed by atoms with Crippen LogP contribution in [0.5, 0.6) is 0 Å². The van der Waals surface area contributed by atoms with Gasteiger partial charge in [-0.3, -0.25) is 0 Å². The minimum Gasteiger partial charge on any atom is -0.379 e. The summed E-state index contributed by atoms with van der Waals surface area (Å²) in [5.74, 6) is 1.83. The normalized spacial score (nSPS) is 21.6. The van der Waals surface area contributed by atoms with Gasteiger partial charge in [-0.2, -0.15) is 0 Å². The summed E-state index contributed by atoms with van der Waals surface area (Å²) in [6.07, 6.45) is 5.68. The maximum absolute atomic E-state index is 5.71. The third kappa shape index (κ3) is 9.46. The van der Waals surface area contributed by atoms with Gasteiger partial charge in [0.15, 0.2) is 5.96 Å². The SMILES string of the molecule is CCNC(=NCc1ccc(N2CCOC(C)C2)nc1)NCCCOCC1CCCO1.I. The van der Waals surface area contributed by atoms with Gasteiger partial charge in [-0.1, -0.05) is 6.07 Å². The molecule has 1 aromatic rings. The summed E-state index contributed by atoms with van der Waals surface area (Å²) >= 11 is 0. The minimum atomic E-state index is 0. The van der Waals surface area contributed by atoms with Crippen molar-refractivity contribution in [2.24, 2.45) is 4.99 Å². The molecule has 2 N–H and O–H groups in total. The number of hydrogen-bond acceptors (Lipinski definition) is 6. The Morgan fingerprint density at radius 3 is 2.90 bits per heavy atom. The molecule has 1 aromatic heterocycles. The summed E-state index contributed by atoms with van der Waals surface area (Å²) in [6, 6.07) is 4.18. The van der Waals surface area contributed by atoms with Crippen molar-refractivity contribution in [2.75, 3.05) is 57.5 Å². The lowest BCUT2D eigenvalue weighted by molar-refractivity contribution is 0.0168. The Morgan fingerprint density at radius 1 is 1.29 bits per heavy atom. The molecule has 3 rings (SSSR count). The number of pyridine rings is 1. The molecule has 31 heavy (non-hydrogen) atoms. The van der Waals surface area contributed by atoms with Gasteiger partial charge in [0.1, 0.15) is 5.82 Å². The van der Waals surface area contributed by atoms with Crippen LogP contribution < -0.4 is 15.5 Å². The van der Waals surface area contributed by atoms with Crippen molar-refractivity contribution in [1.29, 1.82) is 0 Å². The van der Waals surface area contributed by atoms with Gasteiger partial charge < -0.3 is 29.7 Å². The van der Waals surface area contributed by atoms with E-state index in [-0.39, 0.29) is 30.1 Å². The molecule has 2 fully saturated rings. The van der Waals surface area contributed by atoms with Gasteiger partial charge in [0, 0.05) is 45.6 Å². The van der Waals surface area contributed by atoms with Crippen molar-refractivity contribution in [3.05, 3.63) is 23.9 Å². The molecule has 176 valence electrons. The zero-order valence-electron chi connectivity index (χ0n) is 18.8. The number of hydrogen-bond donors (Lipinski definition) is 2. The number of rotatable bonds is 10. The van der Waals surface area contributed by atoms with E-state index in [0.717, 1.165) is 82.6 Å². The molecule has 2 aliphatic heterocycles. The van der Waals surface area contributed by atoms with E-state index in [9.17, 15) is 0 Å². The highest BCUT2D eigenvalue weighted by atomic mass is 127. The van der Waals surface area contributed by atoms with Crippen molar-refractivity contribution < 1.29 is 14.2 Å². The van der Waals surface area contributed by atoms with Crippen LogP contribution in [0.2, 0.25) is 0 Å². The van der Waals surface area contributed by atoms with Crippen LogP contribution in [0.3, 0.4) is 0 Å². The van der Waals surface area contributed by atoms with E-state index >= 15 is 0 Å². The van der Waals surface area contributed by atoms with E-state index in [1.807, 2.05) is 6.20 Å². The van der Waals surface area contributed by atoms with Crippen molar-refractivity contribution in [1.82, 2.24) is 15.6 Å². The molecule has 0 amide bonds. The van der Waals surface area contributed by atoms with E-state index in [4.69, 9.17) is 14.2 Å². The van der Waals surface area contributed by atoms with Gasteiger partial charge >= 0.3 is 0 Å². The number of halogens is 1. The van der Waals surface area contributed by atoms with Gasteiger partial charge in [0.25, 0.3) is 0 Å². The molecule has 8 nitrogen and oxygen atoms in total. The summed E-state index contributed by atoms with van der Waals surface area (Å²) in [5, 5.41) is 6.66. The first-order chi connectivity index (χ1) is 14.7. The van der Waals surface area contributed by atoms with Crippen LogP contribution in [0.25, 0.3) is 0 Å². The second-order valence-electron chi connectivity index (χ2n) is 7.84. The Balaban J connectivity index is 0.00000341. The fourth-order valence-electron chi connectivity index (χ4n) is 3.61. The van der Waals surface area contributed by atoms with Gasteiger partial charge in [0.05, 0.1) is 32.0 Å². The van der Waals surface area contributed by atoms with E-state index in [0.29, 0.717) is 19.3 Å². The van der Waals surface area contributed by atoms with E-state index < -0.39 is 0 Å². The molecule has 2 aliphatic rings. The Bertz CT molecular complexity index is 641. The van der Waals surface area contributed by atoms with Gasteiger partial charge in [-0.05, 0) is 44.7 Å². The highest BCUT2D eigenvalue weighted by molar-refractivity contribution is 14.0. The maximum Gasteiger partial charge on any atom is 0.191 e. The summed E-state index contributed by atoms with van der Waals surface area (Å²) in [5.41, 5.74) is 1.09. The predicted molar refractivity (Wildman–Crippen MR) is 135 cm³/mol. The van der Waals surface area contributed by atoms with Crippen LogP contribution in [0.15, 0.2) is 23.3 Å². The smallest absolute Gasteiger partial charge is 0.191 e. The molecule has 2 unspecified atom stereocenters. The van der Waals surface area contributed by atoms with Crippen LogP contribution in [0.4, 0.5) is 5.82 Å². The number of aromatic nitrogens is 1. The molecule has 3 heterocycles. The predicted octanol–water partition coefficient (Wildman–Crippen LogP) is 2.57. The molecule has 0 saturated carbocycles. The van der Waals surface area contributed by atoms with Crippen LogP contribution in [-0.4, -0.2) is 75.8 Å². The number of ether oxygens (including phenoxy) is 3. The van der Waals surface area contributed by atoms with Crippen LogP contribution in [0.1, 0.15) is 38.7 Å². The third-order valence-corrected chi connectivity index (χ3v) is 5.22. The zero-order chi connectivity index (χ0) is 21.0. The molecule has 0 bridgehead atoms. The third-order valence-electron chi connectivity index (χ3n) is 5.22. The fraction of sp³-hybridized carbons (Fsp3) is 0.727. The monoisotopic (exact) mass is 547 g/mol. The van der Waals surface area contributed by atoms with Crippen LogP contribution >= 0.6 is 24.0 Å². The molecule has 0 radical (unpaired) electrons. The average Bonchev–Trinajstić information content (AvgIpc) is 3.28. The van der Waals surface area contributed by atoms with E-state index in [1.165, 1.54) is 0 Å². The van der Waals surface area contributed by atoms with Gasteiger partial charge in [-0.15, -0.1) is 24.0 Å². The Hall–Kier alpha value is -1.17. The van der Waals surface area contributed by atoms with E-state index in [1.54, 1.807) is 0 Å². The van der Waals surface area contributed by atoms with Crippen molar-refractivity contribution in [3.63, 3.8) is 0 Å². The molecule has 9 heteroatoms. The van der Waals surface area contributed by atoms with Crippen molar-refractivity contribution in [2.45, 2.75) is 51.9 Å². The summed E-state index contributed by atoms with van der Waals surface area (Å²) in [7, 11) is 0. The van der Waals surface area contributed by atoms with Crippen molar-refractivity contribution >= 4 is 35.8 Å². The van der Waals surface area contributed by atoms with Gasteiger partial charge in [-0.25, -0.2) is 9.98 Å². The molecule has 0 aliphatic carbocycles. The lowest BCUT2D eigenvalue weighted by atomic mass is 10.2. The van der Waals surface area contributed by atoms with Crippen LogP contribution in [0, 0.1) is 0 Å². The number of morpholine rings is 1. The maximum atomic E-state index is 5.71. The first-order valence-corrected chi connectivity index (χ1v) is 11.3. The summed E-state index contributed by atoms with van der Waals surface area (Å²) < 4.78 is 16.9. The van der Waals surface area contributed by atoms with E-state index in [2.05, 4.69) is 51.5 Å². The topological polar surface area (TPSA) is 80.2 Å². The molecule has 0 aromatic carbocycles. The summed E-state index contributed by atoms with van der Waals surface area (Å²) in [6.45, 7) is 11.3. The van der Waals surface area contributed by atoms with Gasteiger partial charge in [0.2, 0.25) is 0 Å². The average molecular weight is 547 g/mol. The molecule has 0 spiro atoms. The highest BCUT2D eigenvalue weighted by Crippen LogP contribution is 2.16. The second-order valence-corrected chi connectivity index (χ2v) is 7.84. The van der Waals surface area contributed by atoms with Crippen molar-refractivity contribution in [3.8, 4) is 0 Å². The Labute approximate surface area is 203 Å².